The second-order valence-electron chi connectivity index (χ2n) is 15.6. The third-order valence-corrected chi connectivity index (χ3v) is 12.3. The number of pyridine rings is 2. The molecule has 0 unspecified atom stereocenters. The van der Waals surface area contributed by atoms with E-state index in [0.717, 1.165) is 52.4 Å². The van der Waals surface area contributed by atoms with Crippen molar-refractivity contribution < 1.29 is 29.0 Å². The third kappa shape index (κ3) is 11.1. The average molecular weight is 921 g/mol. The van der Waals surface area contributed by atoms with Gasteiger partial charge in [0.1, 0.15) is 11.3 Å². The van der Waals surface area contributed by atoms with E-state index in [1.165, 1.54) is 0 Å². The van der Waals surface area contributed by atoms with Crippen LogP contribution in [0.4, 0.5) is 0 Å². The summed E-state index contributed by atoms with van der Waals surface area (Å²) in [6.45, 7) is 4.63. The molecule has 2 fully saturated rings. The van der Waals surface area contributed by atoms with Crippen LogP contribution in [-0.4, -0.2) is 90.2 Å². The SMILES string of the molecule is CCOC(=O)CC1CCN(C(=O)Cc2c(-c3ccc(Cl)cc3)nc3ccc(Cl)cn23)CC1.O=C(O)CC1CCN(C(=O)Cc2c(-c3ccc(Cl)cc3)nc3ccc(Cl)cn23)CC1. The van der Waals surface area contributed by atoms with E-state index in [9.17, 15) is 19.2 Å². The zero-order valence-corrected chi connectivity index (χ0v) is 37.1. The van der Waals surface area contributed by atoms with E-state index in [-0.39, 0.29) is 48.9 Å². The summed E-state index contributed by atoms with van der Waals surface area (Å²) in [7, 11) is 0. The fourth-order valence-corrected chi connectivity index (χ4v) is 8.71. The number of esters is 1. The van der Waals surface area contributed by atoms with Crippen molar-refractivity contribution in [3.63, 3.8) is 0 Å². The Bertz CT molecular complexity index is 2560. The molecule has 2 aliphatic heterocycles. The summed E-state index contributed by atoms with van der Waals surface area (Å²) in [5.74, 6) is -0.511. The molecule has 0 atom stereocenters. The summed E-state index contributed by atoms with van der Waals surface area (Å²) >= 11 is 24.5. The minimum atomic E-state index is -0.782. The van der Waals surface area contributed by atoms with E-state index < -0.39 is 5.97 Å². The van der Waals surface area contributed by atoms with Crippen LogP contribution in [-0.2, 0) is 36.8 Å². The molecule has 1 N–H and O–H groups in total. The summed E-state index contributed by atoms with van der Waals surface area (Å²) in [6.07, 6.45) is 7.55. The topological polar surface area (TPSA) is 139 Å². The van der Waals surface area contributed by atoms with Gasteiger partial charge in [0.05, 0.1) is 52.3 Å². The fourth-order valence-electron chi connectivity index (χ4n) is 8.14. The number of amides is 2. The first-order valence-electron chi connectivity index (χ1n) is 20.6. The number of nitrogens with zero attached hydrogens (tertiary/aromatic N) is 6. The van der Waals surface area contributed by atoms with Gasteiger partial charge < -0.3 is 28.4 Å². The van der Waals surface area contributed by atoms with Crippen LogP contribution in [0, 0.1) is 11.8 Å². The lowest BCUT2D eigenvalue weighted by Gasteiger charge is -2.31. The number of ether oxygens (including phenoxy) is 1. The minimum absolute atomic E-state index is 0.000707. The first kappa shape index (κ1) is 44.9. The largest absolute Gasteiger partial charge is 0.481 e. The van der Waals surface area contributed by atoms with Crippen molar-refractivity contribution in [3.8, 4) is 22.5 Å². The predicted octanol–water partition coefficient (Wildman–Crippen LogP) is 9.61. The molecule has 0 bridgehead atoms. The van der Waals surface area contributed by atoms with Gasteiger partial charge in [-0.25, -0.2) is 9.97 Å². The number of imidazole rings is 2. The Labute approximate surface area is 379 Å². The van der Waals surface area contributed by atoms with Crippen molar-refractivity contribution in [1.29, 1.82) is 0 Å². The van der Waals surface area contributed by atoms with Gasteiger partial charge in [0.15, 0.2) is 0 Å². The highest BCUT2D eigenvalue weighted by Crippen LogP contribution is 2.31. The molecular weight excluding hydrogens is 874 g/mol. The van der Waals surface area contributed by atoms with Crippen LogP contribution in [0.25, 0.3) is 33.8 Å². The first-order valence-corrected chi connectivity index (χ1v) is 22.1. The van der Waals surface area contributed by atoms with E-state index in [1.807, 2.05) is 74.1 Å². The Balaban J connectivity index is 0.000000187. The van der Waals surface area contributed by atoms with Gasteiger partial charge in [-0.2, -0.15) is 0 Å². The number of carboxylic acid groups (broad SMARTS) is 1. The Hall–Kier alpha value is -5.14. The highest BCUT2D eigenvalue weighted by atomic mass is 35.5. The van der Waals surface area contributed by atoms with Gasteiger partial charge in [-0.1, -0.05) is 70.7 Å². The molecule has 2 aromatic carbocycles. The molecule has 2 saturated heterocycles. The van der Waals surface area contributed by atoms with Crippen molar-refractivity contribution in [1.82, 2.24) is 28.6 Å². The molecule has 324 valence electrons. The first-order chi connectivity index (χ1) is 29.8. The van der Waals surface area contributed by atoms with Crippen LogP contribution < -0.4 is 0 Å². The minimum Gasteiger partial charge on any atom is -0.481 e. The maximum Gasteiger partial charge on any atom is 0.306 e. The number of likely N-dealkylation sites (tertiary alicyclic amines) is 2. The molecule has 2 aliphatic rings. The van der Waals surface area contributed by atoms with Gasteiger partial charge in [0.2, 0.25) is 11.8 Å². The number of fused-ring (bicyclic) bond motifs is 2. The molecular formula is C46H46Cl4N6O6. The maximum atomic E-state index is 13.2. The van der Waals surface area contributed by atoms with Crippen LogP contribution in [0.5, 0.6) is 0 Å². The van der Waals surface area contributed by atoms with Gasteiger partial charge in [-0.15, -0.1) is 0 Å². The van der Waals surface area contributed by atoms with Crippen molar-refractivity contribution in [3.05, 3.63) is 117 Å². The number of carbonyl (C=O) groups is 4. The van der Waals surface area contributed by atoms with Gasteiger partial charge in [-0.05, 0) is 93.0 Å². The lowest BCUT2D eigenvalue weighted by molar-refractivity contribution is -0.145. The normalized spacial score (nSPS) is 14.8. The second kappa shape index (κ2) is 20.4. The summed E-state index contributed by atoms with van der Waals surface area (Å²) in [6, 6.07) is 22.0. The van der Waals surface area contributed by atoms with Crippen LogP contribution in [0.15, 0.2) is 85.2 Å². The highest BCUT2D eigenvalue weighted by Gasteiger charge is 2.28. The molecule has 12 nitrogen and oxygen atoms in total. The number of carboxylic acids is 1. The quantitative estimate of drug-likeness (QED) is 0.127. The Morgan fingerprint density at radius 3 is 1.37 bits per heavy atom. The maximum absolute atomic E-state index is 13.2. The highest BCUT2D eigenvalue weighted by molar-refractivity contribution is 6.31. The van der Waals surface area contributed by atoms with Gasteiger partial charge in [0, 0.05) is 72.6 Å². The molecule has 6 heterocycles. The Kier molecular flexibility index (Phi) is 14.7. The summed E-state index contributed by atoms with van der Waals surface area (Å²) in [4.78, 5) is 62.1. The van der Waals surface area contributed by atoms with Crippen molar-refractivity contribution >= 4 is 81.5 Å². The van der Waals surface area contributed by atoms with Crippen molar-refractivity contribution in [2.24, 2.45) is 11.8 Å². The summed E-state index contributed by atoms with van der Waals surface area (Å²) in [5, 5.41) is 11.4. The lowest BCUT2D eigenvalue weighted by atomic mass is 9.93. The van der Waals surface area contributed by atoms with Gasteiger partial charge >= 0.3 is 11.9 Å². The monoisotopic (exact) mass is 918 g/mol. The number of piperidine rings is 2. The molecule has 8 rings (SSSR count). The van der Waals surface area contributed by atoms with Crippen molar-refractivity contribution in [2.75, 3.05) is 32.8 Å². The zero-order valence-electron chi connectivity index (χ0n) is 34.1. The third-order valence-electron chi connectivity index (χ3n) is 11.4. The number of benzene rings is 2. The van der Waals surface area contributed by atoms with Gasteiger partial charge in [0.25, 0.3) is 0 Å². The number of hydrogen-bond acceptors (Lipinski definition) is 7. The number of hydrogen-bond donors (Lipinski definition) is 1. The predicted molar refractivity (Wildman–Crippen MR) is 241 cm³/mol. The fraction of sp³-hybridized carbons (Fsp3) is 0.348. The average Bonchev–Trinajstić information content (AvgIpc) is 3.78. The van der Waals surface area contributed by atoms with Crippen LogP contribution in [0.3, 0.4) is 0 Å². The lowest BCUT2D eigenvalue weighted by Crippen LogP contribution is -2.40. The van der Waals surface area contributed by atoms with Crippen LogP contribution >= 0.6 is 46.4 Å². The number of rotatable bonds is 11. The number of aliphatic carboxylic acids is 1. The molecule has 0 spiro atoms. The van der Waals surface area contributed by atoms with E-state index >= 15 is 0 Å². The zero-order chi connectivity index (χ0) is 43.9. The number of carbonyl (C=O) groups excluding carboxylic acids is 3. The molecule has 4 aromatic heterocycles. The Morgan fingerprint density at radius 1 is 0.597 bits per heavy atom. The summed E-state index contributed by atoms with van der Waals surface area (Å²) < 4.78 is 8.80. The Morgan fingerprint density at radius 2 is 0.984 bits per heavy atom. The van der Waals surface area contributed by atoms with Crippen LogP contribution in [0.2, 0.25) is 20.1 Å². The van der Waals surface area contributed by atoms with Crippen molar-refractivity contribution in [2.45, 2.75) is 58.3 Å². The standard InChI is InChI=1S/C24H25Cl2N3O3.C22H21Cl2N3O3/c1-2-32-23(31)13-16-9-11-28(12-10-16)22(30)14-20-24(17-3-5-18(25)6-4-17)27-21-8-7-19(26)15-29(20)21;23-16-3-1-15(2-4-16)22-18(27-13-17(24)5-6-19(27)25-22)12-20(28)26-9-7-14(8-10-26)11-21(29)30/h3-8,15-16H,2,9-14H2,1H3;1-6,13-14H,7-12H2,(H,29,30). The molecule has 62 heavy (non-hydrogen) atoms. The molecule has 6 aromatic rings. The smallest absolute Gasteiger partial charge is 0.306 e. The van der Waals surface area contributed by atoms with Gasteiger partial charge in [-0.3, -0.25) is 19.2 Å². The van der Waals surface area contributed by atoms with E-state index in [1.54, 1.807) is 36.7 Å². The number of halogens is 4. The van der Waals surface area contributed by atoms with E-state index in [2.05, 4.69) is 0 Å². The molecule has 2 amide bonds. The number of aromatic nitrogens is 4. The van der Waals surface area contributed by atoms with Crippen LogP contribution in [0.1, 0.15) is 56.8 Å². The van der Waals surface area contributed by atoms with E-state index in [4.69, 9.17) is 66.2 Å². The summed E-state index contributed by atoms with van der Waals surface area (Å²) in [5.41, 5.74) is 6.25. The molecule has 0 radical (unpaired) electrons. The molecule has 0 aliphatic carbocycles. The molecule has 16 heteroatoms. The molecule has 0 saturated carbocycles. The second-order valence-corrected chi connectivity index (χ2v) is 17.3. The van der Waals surface area contributed by atoms with E-state index in [0.29, 0.717) is 77.8 Å².